The van der Waals surface area contributed by atoms with Crippen molar-refractivity contribution in [3.8, 4) is 6.19 Å². The predicted molar refractivity (Wildman–Crippen MR) is 33.4 cm³/mol. The molecular weight excluding hydrogens is 112 g/mol. The van der Waals surface area contributed by atoms with E-state index in [1.165, 1.54) is 6.42 Å². The lowest BCUT2D eigenvalue weighted by Crippen LogP contribution is -2.17. The SMILES string of the molecule is C[C@@]12CC1CN(C#N)C2. The van der Waals surface area contributed by atoms with Gasteiger partial charge in [-0.05, 0) is 17.8 Å². The Morgan fingerprint density at radius 1 is 1.78 bits per heavy atom. The summed E-state index contributed by atoms with van der Waals surface area (Å²) in [7, 11) is 0. The van der Waals surface area contributed by atoms with Crippen LogP contribution in [0.3, 0.4) is 0 Å². The van der Waals surface area contributed by atoms with Crippen LogP contribution in [0.4, 0.5) is 0 Å². The van der Waals surface area contributed by atoms with E-state index < -0.39 is 0 Å². The summed E-state index contributed by atoms with van der Waals surface area (Å²) in [6.07, 6.45) is 3.54. The van der Waals surface area contributed by atoms with Crippen molar-refractivity contribution in [2.45, 2.75) is 13.3 Å². The van der Waals surface area contributed by atoms with Crippen molar-refractivity contribution < 1.29 is 0 Å². The Labute approximate surface area is 55.1 Å². The van der Waals surface area contributed by atoms with E-state index in [1.54, 1.807) is 0 Å². The zero-order valence-corrected chi connectivity index (χ0v) is 5.59. The third-order valence-corrected chi connectivity index (χ3v) is 2.67. The molecule has 0 N–H and O–H groups in total. The highest BCUT2D eigenvalue weighted by atomic mass is 15.2. The Morgan fingerprint density at radius 3 is 2.89 bits per heavy atom. The van der Waals surface area contributed by atoms with Crippen LogP contribution in [0.25, 0.3) is 0 Å². The molecule has 0 aromatic rings. The third-order valence-electron chi connectivity index (χ3n) is 2.67. The van der Waals surface area contributed by atoms with Crippen molar-refractivity contribution in [2.24, 2.45) is 11.3 Å². The maximum absolute atomic E-state index is 8.49. The first kappa shape index (κ1) is 5.10. The van der Waals surface area contributed by atoms with Crippen LogP contribution in [0.2, 0.25) is 0 Å². The molecule has 0 spiro atoms. The molecule has 2 aliphatic rings. The van der Waals surface area contributed by atoms with Gasteiger partial charge in [0, 0.05) is 13.1 Å². The fourth-order valence-corrected chi connectivity index (χ4v) is 1.83. The van der Waals surface area contributed by atoms with Crippen LogP contribution in [0.15, 0.2) is 0 Å². The van der Waals surface area contributed by atoms with Gasteiger partial charge in [0.05, 0.1) is 0 Å². The maximum atomic E-state index is 8.49. The van der Waals surface area contributed by atoms with E-state index in [9.17, 15) is 0 Å². The van der Waals surface area contributed by atoms with Crippen LogP contribution in [0.1, 0.15) is 13.3 Å². The minimum atomic E-state index is 0.537. The number of hydrogen-bond donors (Lipinski definition) is 0. The fourth-order valence-electron chi connectivity index (χ4n) is 1.83. The summed E-state index contributed by atoms with van der Waals surface area (Å²) in [6, 6.07) is 0. The molecule has 1 saturated carbocycles. The molecule has 2 nitrogen and oxygen atoms in total. The normalized spacial score (nSPS) is 46.2. The molecule has 2 fully saturated rings. The number of nitrogens with zero attached hydrogens (tertiary/aromatic N) is 2. The first-order valence-corrected chi connectivity index (χ1v) is 3.39. The molecule has 0 radical (unpaired) electrons. The summed E-state index contributed by atoms with van der Waals surface area (Å²) < 4.78 is 0. The highest BCUT2D eigenvalue weighted by Crippen LogP contribution is 2.56. The van der Waals surface area contributed by atoms with Gasteiger partial charge in [-0.1, -0.05) is 6.92 Å². The Bertz CT molecular complexity index is 182. The van der Waals surface area contributed by atoms with Gasteiger partial charge >= 0.3 is 0 Å². The summed E-state index contributed by atoms with van der Waals surface area (Å²) in [5.41, 5.74) is 0.537. The number of piperidine rings is 1. The molecule has 1 unspecified atom stereocenters. The van der Waals surface area contributed by atoms with E-state index in [-0.39, 0.29) is 0 Å². The summed E-state index contributed by atoms with van der Waals surface area (Å²) in [5.74, 6) is 0.845. The van der Waals surface area contributed by atoms with Crippen molar-refractivity contribution in [3.63, 3.8) is 0 Å². The number of rotatable bonds is 0. The molecule has 48 valence electrons. The van der Waals surface area contributed by atoms with Gasteiger partial charge in [-0.2, -0.15) is 5.26 Å². The van der Waals surface area contributed by atoms with Crippen molar-refractivity contribution in [1.82, 2.24) is 4.90 Å². The molecule has 1 heterocycles. The zero-order chi connectivity index (χ0) is 6.48. The number of likely N-dealkylation sites (tertiary alicyclic amines) is 1. The first-order valence-electron chi connectivity index (χ1n) is 3.39. The lowest BCUT2D eigenvalue weighted by molar-refractivity contribution is 0.399. The first-order chi connectivity index (χ1) is 4.24. The lowest BCUT2D eigenvalue weighted by Gasteiger charge is -2.09. The van der Waals surface area contributed by atoms with Gasteiger partial charge in [0.2, 0.25) is 0 Å². The fraction of sp³-hybridized carbons (Fsp3) is 0.857. The summed E-state index contributed by atoms with van der Waals surface area (Å²) in [6.45, 7) is 4.30. The van der Waals surface area contributed by atoms with Crippen molar-refractivity contribution in [3.05, 3.63) is 0 Å². The highest BCUT2D eigenvalue weighted by Gasteiger charge is 2.56. The van der Waals surface area contributed by atoms with E-state index >= 15 is 0 Å². The molecule has 2 rings (SSSR count). The van der Waals surface area contributed by atoms with E-state index in [0.717, 1.165) is 19.0 Å². The van der Waals surface area contributed by atoms with Crippen LogP contribution in [-0.2, 0) is 0 Å². The average Bonchev–Trinajstić information content (AvgIpc) is 2.33. The maximum Gasteiger partial charge on any atom is 0.179 e. The minimum Gasteiger partial charge on any atom is -0.310 e. The summed E-state index contributed by atoms with van der Waals surface area (Å²) in [4.78, 5) is 1.87. The van der Waals surface area contributed by atoms with E-state index in [2.05, 4.69) is 13.1 Å². The van der Waals surface area contributed by atoms with Gasteiger partial charge in [-0.3, -0.25) is 0 Å². The molecular formula is C7H10N2. The number of nitriles is 1. The van der Waals surface area contributed by atoms with Crippen molar-refractivity contribution in [2.75, 3.05) is 13.1 Å². The predicted octanol–water partition coefficient (Wildman–Crippen LogP) is 0.809. The van der Waals surface area contributed by atoms with Gasteiger partial charge in [0.1, 0.15) is 0 Å². The monoisotopic (exact) mass is 122 g/mol. The molecule has 9 heavy (non-hydrogen) atoms. The van der Waals surface area contributed by atoms with Gasteiger partial charge in [0.15, 0.2) is 6.19 Å². The average molecular weight is 122 g/mol. The lowest BCUT2D eigenvalue weighted by atomic mass is 10.1. The van der Waals surface area contributed by atoms with Crippen LogP contribution < -0.4 is 0 Å². The van der Waals surface area contributed by atoms with Gasteiger partial charge in [-0.15, -0.1) is 0 Å². The van der Waals surface area contributed by atoms with Crippen LogP contribution >= 0.6 is 0 Å². The summed E-state index contributed by atoms with van der Waals surface area (Å²) in [5, 5.41) is 8.49. The van der Waals surface area contributed by atoms with Crippen LogP contribution in [0.5, 0.6) is 0 Å². The topological polar surface area (TPSA) is 27.0 Å². The van der Waals surface area contributed by atoms with Crippen LogP contribution in [-0.4, -0.2) is 18.0 Å². The van der Waals surface area contributed by atoms with Gasteiger partial charge in [-0.25, -0.2) is 0 Å². The van der Waals surface area contributed by atoms with Gasteiger partial charge < -0.3 is 4.90 Å². The quantitative estimate of drug-likeness (QED) is 0.444. The minimum absolute atomic E-state index is 0.537. The molecule has 1 saturated heterocycles. The van der Waals surface area contributed by atoms with E-state index in [4.69, 9.17) is 5.26 Å². The van der Waals surface area contributed by atoms with Gasteiger partial charge in [0.25, 0.3) is 0 Å². The largest absolute Gasteiger partial charge is 0.310 e. The molecule has 1 aliphatic carbocycles. The van der Waals surface area contributed by atoms with Crippen molar-refractivity contribution in [1.29, 1.82) is 5.26 Å². The second kappa shape index (κ2) is 1.23. The van der Waals surface area contributed by atoms with Crippen molar-refractivity contribution >= 4 is 0 Å². The second-order valence-electron chi connectivity index (χ2n) is 3.54. The third kappa shape index (κ3) is 0.548. The molecule has 0 bridgehead atoms. The molecule has 2 atom stereocenters. The highest BCUT2D eigenvalue weighted by molar-refractivity contribution is 5.09. The second-order valence-corrected chi connectivity index (χ2v) is 3.54. The Hall–Kier alpha value is -0.710. The van der Waals surface area contributed by atoms with E-state index in [0.29, 0.717) is 5.41 Å². The Balaban J connectivity index is 2.08. The molecule has 0 aromatic heterocycles. The molecule has 0 amide bonds. The zero-order valence-electron chi connectivity index (χ0n) is 5.59. The molecule has 0 aromatic carbocycles. The van der Waals surface area contributed by atoms with Crippen LogP contribution in [0, 0.1) is 22.8 Å². The Morgan fingerprint density at radius 2 is 2.56 bits per heavy atom. The molecule has 2 heteroatoms. The van der Waals surface area contributed by atoms with E-state index in [1.807, 2.05) is 4.90 Å². The number of hydrogen-bond acceptors (Lipinski definition) is 2. The standard InChI is InChI=1S/C7H10N2/c1-7-2-6(7)3-9(4-7)5-8/h6H,2-4H2,1H3/t6?,7-/m0/s1. The summed E-state index contributed by atoms with van der Waals surface area (Å²) >= 11 is 0. The Kier molecular flexibility index (Phi) is 0.700. The molecule has 1 aliphatic heterocycles. The smallest absolute Gasteiger partial charge is 0.179 e. The number of fused-ring (bicyclic) bond motifs is 1.